The maximum absolute atomic E-state index is 12.2. The van der Waals surface area contributed by atoms with Gasteiger partial charge >= 0.3 is 0 Å². The van der Waals surface area contributed by atoms with Gasteiger partial charge in [-0.05, 0) is 18.9 Å². The molecule has 1 aliphatic rings. The van der Waals surface area contributed by atoms with Gasteiger partial charge in [0.2, 0.25) is 0 Å². The number of piperidine rings is 1. The Hall–Kier alpha value is -0.630. The first kappa shape index (κ1) is 14.4. The molecule has 8 heteroatoms. The maximum atomic E-state index is 12.2. The highest BCUT2D eigenvalue weighted by Gasteiger charge is 2.30. The number of aromatic nitrogens is 2. The summed E-state index contributed by atoms with van der Waals surface area (Å²) in [5, 5.41) is 4.10. The van der Waals surface area contributed by atoms with Crippen LogP contribution < -0.4 is 5.73 Å². The summed E-state index contributed by atoms with van der Waals surface area (Å²) >= 11 is 0. The number of hydrogen-bond donors (Lipinski definition) is 1. The van der Waals surface area contributed by atoms with Crippen molar-refractivity contribution >= 4 is 22.4 Å². The minimum absolute atomic E-state index is 0. The van der Waals surface area contributed by atoms with Crippen LogP contribution in [0.15, 0.2) is 17.3 Å². The monoisotopic (exact) mass is 280 g/mol. The summed E-state index contributed by atoms with van der Waals surface area (Å²) in [4.78, 5) is 0. The third kappa shape index (κ3) is 2.79. The molecule has 0 aromatic carbocycles. The first-order valence-corrected chi connectivity index (χ1v) is 6.69. The van der Waals surface area contributed by atoms with E-state index in [1.54, 1.807) is 7.05 Å². The third-order valence-corrected chi connectivity index (χ3v) is 4.74. The fourth-order valence-electron chi connectivity index (χ4n) is 1.94. The molecule has 0 aliphatic carbocycles. The molecule has 1 atom stereocenters. The molecular weight excluding hydrogens is 264 g/mol. The lowest BCUT2D eigenvalue weighted by Gasteiger charge is -2.29. The number of aryl methyl sites for hydroxylation is 1. The van der Waals surface area contributed by atoms with Crippen LogP contribution in [-0.4, -0.2) is 41.6 Å². The van der Waals surface area contributed by atoms with Gasteiger partial charge in [0.25, 0.3) is 10.0 Å². The zero-order valence-corrected chi connectivity index (χ0v) is 11.2. The molecule has 1 aromatic rings. The number of halogens is 1. The van der Waals surface area contributed by atoms with Crippen LogP contribution in [0.1, 0.15) is 12.8 Å². The standard InChI is InChI=1S/C9H16N4O2S.ClH/c1-12-9(4-5-11-12)16(14,15)13-6-2-3-8(10)7-13;/h4-5,8H,2-3,6-7,10H2,1H3;1H. The Morgan fingerprint density at radius 2 is 2.24 bits per heavy atom. The number of nitrogens with zero attached hydrogens (tertiary/aromatic N) is 3. The zero-order valence-electron chi connectivity index (χ0n) is 9.61. The summed E-state index contributed by atoms with van der Waals surface area (Å²) < 4.78 is 27.3. The summed E-state index contributed by atoms with van der Waals surface area (Å²) in [6, 6.07) is 1.45. The van der Waals surface area contributed by atoms with Crippen molar-refractivity contribution in [3.8, 4) is 0 Å². The minimum atomic E-state index is -3.43. The van der Waals surface area contributed by atoms with Gasteiger partial charge in [-0.1, -0.05) is 0 Å². The van der Waals surface area contributed by atoms with Gasteiger partial charge in [0.1, 0.15) is 0 Å². The van der Waals surface area contributed by atoms with E-state index in [9.17, 15) is 8.42 Å². The van der Waals surface area contributed by atoms with Crippen LogP contribution in [0.2, 0.25) is 0 Å². The number of rotatable bonds is 2. The molecule has 1 aromatic heterocycles. The average Bonchev–Trinajstić information content (AvgIpc) is 2.65. The molecule has 0 radical (unpaired) electrons. The number of hydrogen-bond acceptors (Lipinski definition) is 4. The van der Waals surface area contributed by atoms with Crippen LogP contribution in [0.3, 0.4) is 0 Å². The van der Waals surface area contributed by atoms with Crippen molar-refractivity contribution in [3.63, 3.8) is 0 Å². The van der Waals surface area contributed by atoms with E-state index < -0.39 is 10.0 Å². The van der Waals surface area contributed by atoms with Crippen molar-refractivity contribution in [1.82, 2.24) is 14.1 Å². The van der Waals surface area contributed by atoms with Gasteiger partial charge in [0.15, 0.2) is 5.03 Å². The Balaban J connectivity index is 0.00000144. The van der Waals surface area contributed by atoms with Crippen molar-refractivity contribution in [2.75, 3.05) is 13.1 Å². The second-order valence-corrected chi connectivity index (χ2v) is 5.94. The molecule has 0 amide bonds. The Morgan fingerprint density at radius 3 is 2.76 bits per heavy atom. The quantitative estimate of drug-likeness (QED) is 0.824. The Bertz CT molecular complexity index is 473. The van der Waals surface area contributed by atoms with Crippen molar-refractivity contribution < 1.29 is 8.42 Å². The molecule has 2 rings (SSSR count). The maximum Gasteiger partial charge on any atom is 0.260 e. The number of sulfonamides is 1. The second kappa shape index (κ2) is 5.34. The molecule has 6 nitrogen and oxygen atoms in total. The highest BCUT2D eigenvalue weighted by atomic mass is 35.5. The van der Waals surface area contributed by atoms with E-state index in [1.165, 1.54) is 21.3 Å². The van der Waals surface area contributed by atoms with Gasteiger partial charge in [0, 0.05) is 26.2 Å². The fraction of sp³-hybridized carbons (Fsp3) is 0.667. The molecule has 1 unspecified atom stereocenters. The van der Waals surface area contributed by atoms with E-state index in [4.69, 9.17) is 5.73 Å². The van der Waals surface area contributed by atoms with Crippen LogP contribution in [0.25, 0.3) is 0 Å². The van der Waals surface area contributed by atoms with Crippen LogP contribution in [0.4, 0.5) is 0 Å². The molecule has 98 valence electrons. The van der Waals surface area contributed by atoms with Gasteiger partial charge in [-0.25, -0.2) is 8.42 Å². The van der Waals surface area contributed by atoms with Gasteiger partial charge in [-0.2, -0.15) is 9.40 Å². The summed E-state index contributed by atoms with van der Waals surface area (Å²) in [5.74, 6) is 0. The topological polar surface area (TPSA) is 81.2 Å². The molecule has 0 saturated carbocycles. The van der Waals surface area contributed by atoms with E-state index in [-0.39, 0.29) is 23.5 Å². The molecule has 0 bridgehead atoms. The molecule has 1 aliphatic heterocycles. The Kier molecular flexibility index (Phi) is 4.54. The van der Waals surface area contributed by atoms with E-state index >= 15 is 0 Å². The van der Waals surface area contributed by atoms with Crippen molar-refractivity contribution in [2.45, 2.75) is 23.9 Å². The minimum Gasteiger partial charge on any atom is -0.327 e. The lowest BCUT2D eigenvalue weighted by molar-refractivity contribution is 0.314. The van der Waals surface area contributed by atoms with Crippen LogP contribution in [-0.2, 0) is 17.1 Å². The van der Waals surface area contributed by atoms with Gasteiger partial charge in [-0.3, -0.25) is 4.68 Å². The van der Waals surface area contributed by atoms with Crippen molar-refractivity contribution in [3.05, 3.63) is 12.3 Å². The fourth-order valence-corrected chi connectivity index (χ4v) is 3.57. The molecule has 2 N–H and O–H groups in total. The second-order valence-electron chi connectivity index (χ2n) is 4.06. The van der Waals surface area contributed by atoms with E-state index in [0.29, 0.717) is 13.1 Å². The normalized spacial score (nSPS) is 22.1. The molecule has 17 heavy (non-hydrogen) atoms. The summed E-state index contributed by atoms with van der Waals surface area (Å²) in [6.45, 7) is 0.939. The van der Waals surface area contributed by atoms with Crippen LogP contribution in [0.5, 0.6) is 0 Å². The Morgan fingerprint density at radius 1 is 1.53 bits per heavy atom. The summed E-state index contributed by atoms with van der Waals surface area (Å²) in [6.07, 6.45) is 3.19. The largest absolute Gasteiger partial charge is 0.327 e. The molecular formula is C9H17ClN4O2S. The third-order valence-electron chi connectivity index (χ3n) is 2.80. The van der Waals surface area contributed by atoms with Crippen molar-refractivity contribution in [1.29, 1.82) is 0 Å². The predicted octanol–water partition coefficient (Wildman–Crippen LogP) is -0.0463. The smallest absolute Gasteiger partial charge is 0.260 e. The SMILES string of the molecule is Cl.Cn1nccc1S(=O)(=O)N1CCCC(N)C1. The van der Waals surface area contributed by atoms with Crippen molar-refractivity contribution in [2.24, 2.45) is 12.8 Å². The lowest BCUT2D eigenvalue weighted by atomic mass is 10.1. The highest BCUT2D eigenvalue weighted by Crippen LogP contribution is 2.19. The first-order chi connectivity index (χ1) is 7.51. The molecule has 1 fully saturated rings. The van der Waals surface area contributed by atoms with E-state index in [0.717, 1.165) is 12.8 Å². The molecule has 2 heterocycles. The van der Waals surface area contributed by atoms with Gasteiger partial charge < -0.3 is 5.73 Å². The lowest BCUT2D eigenvalue weighted by Crippen LogP contribution is -2.46. The molecule has 0 spiro atoms. The van der Waals surface area contributed by atoms with Crippen LogP contribution >= 0.6 is 12.4 Å². The average molecular weight is 281 g/mol. The van der Waals surface area contributed by atoms with Gasteiger partial charge in [0.05, 0.1) is 6.20 Å². The summed E-state index contributed by atoms with van der Waals surface area (Å²) in [7, 11) is -1.81. The van der Waals surface area contributed by atoms with Gasteiger partial charge in [-0.15, -0.1) is 12.4 Å². The van der Waals surface area contributed by atoms with Crippen LogP contribution in [0, 0.1) is 0 Å². The summed E-state index contributed by atoms with van der Waals surface area (Å²) in [5.41, 5.74) is 5.78. The zero-order chi connectivity index (χ0) is 11.8. The predicted molar refractivity (Wildman–Crippen MR) is 66.4 cm³/mol. The van der Waals surface area contributed by atoms with E-state index in [1.807, 2.05) is 0 Å². The Labute approximate surface area is 107 Å². The van der Waals surface area contributed by atoms with E-state index in [2.05, 4.69) is 5.10 Å². The number of nitrogens with two attached hydrogens (primary N) is 1. The first-order valence-electron chi connectivity index (χ1n) is 5.25. The highest BCUT2D eigenvalue weighted by molar-refractivity contribution is 7.89. The molecule has 1 saturated heterocycles.